The smallest absolute Gasteiger partial charge is 0.423 e. The Hall–Kier alpha value is -2.56. The maximum absolute atomic E-state index is 9.79. The maximum Gasteiger partial charge on any atom is 0.490 e. The number of aromatic nitrogens is 1. The van der Waals surface area contributed by atoms with E-state index in [4.69, 9.17) is 0 Å². The zero-order valence-corrected chi connectivity index (χ0v) is 13.0. The van der Waals surface area contributed by atoms with Crippen molar-refractivity contribution in [3.8, 4) is 5.69 Å². The van der Waals surface area contributed by atoms with Gasteiger partial charge in [0.15, 0.2) is 0 Å². The van der Waals surface area contributed by atoms with Crippen molar-refractivity contribution in [2.24, 2.45) is 0 Å². The molecule has 4 heteroatoms. The van der Waals surface area contributed by atoms with Gasteiger partial charge in [0.1, 0.15) is 0 Å². The molecular formula is C19H18BNO2. The largest absolute Gasteiger partial charge is 0.490 e. The first-order chi connectivity index (χ1) is 11.2. The summed E-state index contributed by atoms with van der Waals surface area (Å²) in [5, 5.41) is 20.5. The van der Waals surface area contributed by atoms with E-state index in [1.165, 1.54) is 0 Å². The number of para-hydroxylation sites is 2. The van der Waals surface area contributed by atoms with Crippen molar-refractivity contribution in [1.29, 1.82) is 0 Å². The molecule has 2 aromatic carbocycles. The molecular weight excluding hydrogens is 285 g/mol. The normalized spacial score (nSPS) is 11.3. The van der Waals surface area contributed by atoms with Gasteiger partial charge in [0.05, 0.1) is 11.2 Å². The van der Waals surface area contributed by atoms with Crippen molar-refractivity contribution in [2.75, 3.05) is 0 Å². The van der Waals surface area contributed by atoms with Crippen molar-refractivity contribution in [2.45, 2.75) is 6.92 Å². The summed E-state index contributed by atoms with van der Waals surface area (Å²) in [6.07, 6.45) is 5.79. The Morgan fingerprint density at radius 3 is 2.39 bits per heavy atom. The van der Waals surface area contributed by atoms with E-state index in [-0.39, 0.29) is 0 Å². The van der Waals surface area contributed by atoms with E-state index in [9.17, 15) is 10.0 Å². The summed E-state index contributed by atoms with van der Waals surface area (Å²) in [6, 6.07) is 15.4. The van der Waals surface area contributed by atoms with Crippen LogP contribution in [0.2, 0.25) is 0 Å². The number of rotatable bonds is 4. The third-order valence-corrected chi connectivity index (χ3v) is 3.92. The molecule has 3 rings (SSSR count). The number of hydrogen-bond donors (Lipinski definition) is 2. The second kappa shape index (κ2) is 6.28. The van der Waals surface area contributed by atoms with Crippen LogP contribution in [0, 0.1) is 0 Å². The number of fused-ring (bicyclic) bond motifs is 1. The van der Waals surface area contributed by atoms with E-state index in [0.717, 1.165) is 27.8 Å². The highest BCUT2D eigenvalue weighted by atomic mass is 16.4. The fourth-order valence-corrected chi connectivity index (χ4v) is 3.00. The molecule has 114 valence electrons. The van der Waals surface area contributed by atoms with Crippen molar-refractivity contribution in [3.63, 3.8) is 0 Å². The number of hydrogen-bond acceptors (Lipinski definition) is 2. The summed E-state index contributed by atoms with van der Waals surface area (Å²) in [7, 11) is -1.54. The van der Waals surface area contributed by atoms with Crippen LogP contribution in [0.4, 0.5) is 0 Å². The van der Waals surface area contributed by atoms with Crippen LogP contribution in [0.5, 0.6) is 0 Å². The Bertz CT molecular complexity index is 879. The molecule has 1 aromatic heterocycles. The van der Waals surface area contributed by atoms with Crippen LogP contribution >= 0.6 is 0 Å². The topological polar surface area (TPSA) is 45.4 Å². The highest BCUT2D eigenvalue weighted by Gasteiger charge is 2.22. The number of nitrogens with zero attached hydrogens (tertiary/aromatic N) is 1. The molecule has 0 saturated heterocycles. The van der Waals surface area contributed by atoms with Gasteiger partial charge in [-0.05, 0) is 25.1 Å². The first-order valence-electron chi connectivity index (χ1n) is 7.53. The zero-order chi connectivity index (χ0) is 16.4. The first-order valence-corrected chi connectivity index (χ1v) is 7.53. The van der Waals surface area contributed by atoms with E-state index in [0.29, 0.717) is 5.46 Å². The van der Waals surface area contributed by atoms with Gasteiger partial charge in [-0.1, -0.05) is 55.1 Å². The van der Waals surface area contributed by atoms with Gasteiger partial charge in [0.2, 0.25) is 0 Å². The van der Waals surface area contributed by atoms with Crippen LogP contribution in [0.1, 0.15) is 18.2 Å². The Labute approximate surface area is 136 Å². The van der Waals surface area contributed by atoms with E-state index >= 15 is 0 Å². The lowest BCUT2D eigenvalue weighted by molar-refractivity contribution is 0.426. The Morgan fingerprint density at radius 1 is 1.04 bits per heavy atom. The van der Waals surface area contributed by atoms with Crippen molar-refractivity contribution in [1.82, 2.24) is 4.57 Å². The molecule has 0 aliphatic carbocycles. The summed E-state index contributed by atoms with van der Waals surface area (Å²) in [4.78, 5) is 0. The highest BCUT2D eigenvalue weighted by molar-refractivity contribution is 6.61. The zero-order valence-electron chi connectivity index (χ0n) is 13.0. The second-order valence-corrected chi connectivity index (χ2v) is 5.29. The molecule has 0 unspecified atom stereocenters. The minimum Gasteiger partial charge on any atom is -0.423 e. The predicted molar refractivity (Wildman–Crippen MR) is 97.9 cm³/mol. The molecule has 0 aliphatic heterocycles. The fourth-order valence-electron chi connectivity index (χ4n) is 3.00. The number of benzene rings is 2. The van der Waals surface area contributed by atoms with Crippen LogP contribution in [-0.4, -0.2) is 21.7 Å². The molecule has 0 fully saturated rings. The lowest BCUT2D eigenvalue weighted by Gasteiger charge is -2.11. The predicted octanol–water partition coefficient (Wildman–Crippen LogP) is 2.99. The third kappa shape index (κ3) is 2.52. The van der Waals surface area contributed by atoms with E-state index in [1.54, 1.807) is 6.07 Å². The van der Waals surface area contributed by atoms with Crippen LogP contribution in [0.15, 0.2) is 61.2 Å². The molecule has 0 bridgehead atoms. The molecule has 0 aliphatic rings. The molecule has 0 amide bonds. The monoisotopic (exact) mass is 303 g/mol. The van der Waals surface area contributed by atoms with Crippen molar-refractivity contribution >= 4 is 35.6 Å². The molecule has 0 radical (unpaired) electrons. The quantitative estimate of drug-likeness (QED) is 0.728. The fraction of sp³-hybridized carbons (Fsp3) is 0.0526. The van der Waals surface area contributed by atoms with Crippen molar-refractivity contribution in [3.05, 3.63) is 72.4 Å². The van der Waals surface area contributed by atoms with E-state index < -0.39 is 7.12 Å². The van der Waals surface area contributed by atoms with Gasteiger partial charge in [-0.25, -0.2) is 0 Å². The van der Waals surface area contributed by atoms with E-state index in [1.807, 2.05) is 72.2 Å². The molecule has 0 atom stereocenters. The summed E-state index contributed by atoms with van der Waals surface area (Å²) in [6.45, 7) is 5.89. The Kier molecular flexibility index (Phi) is 4.19. The van der Waals surface area contributed by atoms with Gasteiger partial charge >= 0.3 is 7.12 Å². The summed E-state index contributed by atoms with van der Waals surface area (Å²) in [5.74, 6) is 0. The molecule has 2 N–H and O–H groups in total. The minimum atomic E-state index is -1.54. The van der Waals surface area contributed by atoms with Gasteiger partial charge in [0.25, 0.3) is 0 Å². The SMILES string of the molecule is C=Cc1c(/C=C\C)n(-c2ccccc2)c2c(B(O)O)cccc12. The number of allylic oxidation sites excluding steroid dienone is 1. The minimum absolute atomic E-state index is 0.477. The van der Waals surface area contributed by atoms with Gasteiger partial charge < -0.3 is 14.6 Å². The Morgan fingerprint density at radius 2 is 1.78 bits per heavy atom. The second-order valence-electron chi connectivity index (χ2n) is 5.29. The standard InChI is InChI=1S/C19H18BNO2/c1-3-9-18-15(4-2)16-12-8-13-17(20(22)23)19(16)21(18)14-10-6-5-7-11-14/h3-13,22-23H,2H2,1H3/b9-3-. The van der Waals surface area contributed by atoms with Crippen molar-refractivity contribution < 1.29 is 10.0 Å². The summed E-state index contributed by atoms with van der Waals surface area (Å²) < 4.78 is 2.04. The van der Waals surface area contributed by atoms with Crippen LogP contribution < -0.4 is 5.46 Å². The molecule has 23 heavy (non-hydrogen) atoms. The van der Waals surface area contributed by atoms with E-state index in [2.05, 4.69) is 6.58 Å². The average Bonchev–Trinajstić information content (AvgIpc) is 2.89. The lowest BCUT2D eigenvalue weighted by Crippen LogP contribution is -2.31. The van der Waals surface area contributed by atoms with Gasteiger partial charge in [-0.3, -0.25) is 0 Å². The van der Waals surface area contributed by atoms with Gasteiger partial charge in [-0.2, -0.15) is 0 Å². The maximum atomic E-state index is 9.79. The van der Waals surface area contributed by atoms with Crippen LogP contribution in [-0.2, 0) is 0 Å². The first kappa shape index (κ1) is 15.3. The highest BCUT2D eigenvalue weighted by Crippen LogP contribution is 2.30. The summed E-state index contributed by atoms with van der Waals surface area (Å²) in [5.41, 5.74) is 4.18. The van der Waals surface area contributed by atoms with Crippen LogP contribution in [0.3, 0.4) is 0 Å². The van der Waals surface area contributed by atoms with Gasteiger partial charge in [0, 0.05) is 22.1 Å². The Balaban J connectivity index is 2.53. The molecule has 3 nitrogen and oxygen atoms in total. The lowest BCUT2D eigenvalue weighted by atomic mass is 9.79. The summed E-state index contributed by atoms with van der Waals surface area (Å²) >= 11 is 0. The molecule has 1 heterocycles. The van der Waals surface area contributed by atoms with Crippen LogP contribution in [0.25, 0.3) is 28.7 Å². The average molecular weight is 303 g/mol. The molecule has 0 saturated carbocycles. The van der Waals surface area contributed by atoms with Gasteiger partial charge in [-0.15, -0.1) is 0 Å². The molecule has 3 aromatic rings. The third-order valence-electron chi connectivity index (χ3n) is 3.92. The molecule has 0 spiro atoms.